The highest BCUT2D eigenvalue weighted by Gasteiger charge is 2.30. The van der Waals surface area contributed by atoms with Gasteiger partial charge in [-0.15, -0.1) is 10.2 Å². The van der Waals surface area contributed by atoms with Crippen LogP contribution in [0.4, 0.5) is 4.79 Å². The molecule has 1 aliphatic rings. The van der Waals surface area contributed by atoms with Crippen LogP contribution in [0.3, 0.4) is 0 Å². The standard InChI is InChI=1S/C26H29ClN6O5/c1-3-28-23(34)15-21-25-32-31-16(2)33(25)22-9-8-19(38-13-12-37-11-10-29-26(35)36)14-20(22)24(30-21)17-4-6-18(27)7-5-17/h4-9,14,21,29H,3,10-13,15H2,1-2H3,(H,28,34)(H,35,36)/t21-/m0/s1. The minimum Gasteiger partial charge on any atom is -0.491 e. The van der Waals surface area contributed by atoms with Crippen LogP contribution in [0.1, 0.15) is 42.2 Å². The number of halogens is 1. The second kappa shape index (κ2) is 12.5. The molecule has 3 N–H and O–H groups in total. The maximum absolute atomic E-state index is 12.6. The zero-order valence-electron chi connectivity index (χ0n) is 21.1. The van der Waals surface area contributed by atoms with Crippen LogP contribution in [-0.4, -0.2) is 70.5 Å². The largest absolute Gasteiger partial charge is 0.491 e. The minimum absolute atomic E-state index is 0.120. The molecule has 0 saturated heterocycles. The molecule has 0 unspecified atom stereocenters. The Balaban J connectivity index is 1.66. The van der Waals surface area contributed by atoms with E-state index in [9.17, 15) is 9.59 Å². The third-order valence-corrected chi connectivity index (χ3v) is 6.04. The van der Waals surface area contributed by atoms with E-state index >= 15 is 0 Å². The van der Waals surface area contributed by atoms with Crippen molar-refractivity contribution in [2.24, 2.45) is 4.99 Å². The number of hydrogen-bond donors (Lipinski definition) is 3. The summed E-state index contributed by atoms with van der Waals surface area (Å²) in [6.45, 7) is 5.26. The fourth-order valence-corrected chi connectivity index (χ4v) is 4.26. The Kier molecular flexibility index (Phi) is 8.93. The van der Waals surface area contributed by atoms with Crippen LogP contribution >= 0.6 is 11.6 Å². The number of aromatic nitrogens is 3. The molecule has 0 aliphatic carbocycles. The van der Waals surface area contributed by atoms with E-state index in [1.807, 2.05) is 48.7 Å². The van der Waals surface area contributed by atoms with Crippen LogP contribution < -0.4 is 15.4 Å². The quantitative estimate of drug-likeness (QED) is 0.317. The Morgan fingerprint density at radius 3 is 2.61 bits per heavy atom. The molecule has 11 nitrogen and oxygen atoms in total. The summed E-state index contributed by atoms with van der Waals surface area (Å²) >= 11 is 6.15. The maximum atomic E-state index is 12.6. The van der Waals surface area contributed by atoms with Crippen molar-refractivity contribution in [3.8, 4) is 11.4 Å². The molecular formula is C26H29ClN6O5. The van der Waals surface area contributed by atoms with E-state index < -0.39 is 12.1 Å². The molecule has 0 fully saturated rings. The first kappa shape index (κ1) is 27.1. The summed E-state index contributed by atoms with van der Waals surface area (Å²) in [5.74, 6) is 1.73. The number of carbonyl (C=O) groups excluding carboxylic acids is 1. The van der Waals surface area contributed by atoms with Crippen LogP contribution in [0.15, 0.2) is 47.5 Å². The molecule has 4 rings (SSSR count). The Hall–Kier alpha value is -3.96. The van der Waals surface area contributed by atoms with E-state index in [-0.39, 0.29) is 32.1 Å². The number of hydrogen-bond acceptors (Lipinski definition) is 7. The molecule has 1 aliphatic heterocycles. The molecule has 0 saturated carbocycles. The van der Waals surface area contributed by atoms with Gasteiger partial charge in [-0.05, 0) is 44.2 Å². The number of ether oxygens (including phenoxy) is 2. The average molecular weight is 541 g/mol. The molecule has 3 aromatic rings. The van der Waals surface area contributed by atoms with E-state index in [1.54, 1.807) is 12.1 Å². The molecule has 0 radical (unpaired) electrons. The number of amides is 2. The van der Waals surface area contributed by atoms with Gasteiger partial charge in [0.15, 0.2) is 5.82 Å². The Bertz CT molecular complexity index is 1320. The number of carbonyl (C=O) groups is 2. The van der Waals surface area contributed by atoms with Gasteiger partial charge in [-0.25, -0.2) is 4.79 Å². The van der Waals surface area contributed by atoms with E-state index in [1.165, 1.54) is 0 Å². The summed E-state index contributed by atoms with van der Waals surface area (Å²) in [4.78, 5) is 28.1. The number of benzene rings is 2. The van der Waals surface area contributed by atoms with Gasteiger partial charge in [0.1, 0.15) is 24.2 Å². The van der Waals surface area contributed by atoms with Crippen molar-refractivity contribution in [3.63, 3.8) is 0 Å². The van der Waals surface area contributed by atoms with Crippen LogP contribution in [0.25, 0.3) is 5.69 Å². The fourth-order valence-electron chi connectivity index (χ4n) is 4.14. The fraction of sp³-hybridized carbons (Fsp3) is 0.346. The molecule has 0 bridgehead atoms. The topological polar surface area (TPSA) is 140 Å². The maximum Gasteiger partial charge on any atom is 0.404 e. The second-order valence-corrected chi connectivity index (χ2v) is 8.91. The predicted octanol–water partition coefficient (Wildman–Crippen LogP) is 3.31. The highest BCUT2D eigenvalue weighted by molar-refractivity contribution is 6.30. The monoisotopic (exact) mass is 540 g/mol. The van der Waals surface area contributed by atoms with Crippen molar-refractivity contribution < 1.29 is 24.2 Å². The van der Waals surface area contributed by atoms with Crippen LogP contribution in [0.5, 0.6) is 5.75 Å². The lowest BCUT2D eigenvalue weighted by atomic mass is 10.00. The number of carboxylic acid groups (broad SMARTS) is 1. The van der Waals surface area contributed by atoms with Crippen molar-refractivity contribution in [3.05, 3.63) is 70.3 Å². The molecule has 12 heteroatoms. The summed E-state index contributed by atoms with van der Waals surface area (Å²) in [6.07, 6.45) is -0.971. The van der Waals surface area contributed by atoms with Crippen molar-refractivity contribution in [1.82, 2.24) is 25.4 Å². The van der Waals surface area contributed by atoms with Crippen LogP contribution in [-0.2, 0) is 9.53 Å². The summed E-state index contributed by atoms with van der Waals surface area (Å²) in [7, 11) is 0. The van der Waals surface area contributed by atoms with Gasteiger partial charge in [0.25, 0.3) is 0 Å². The van der Waals surface area contributed by atoms with Gasteiger partial charge in [0.05, 0.1) is 31.0 Å². The molecule has 2 aromatic carbocycles. The van der Waals surface area contributed by atoms with Gasteiger partial charge in [-0.2, -0.15) is 0 Å². The number of rotatable bonds is 11. The number of nitrogens with one attached hydrogen (secondary N) is 2. The van der Waals surface area contributed by atoms with Gasteiger partial charge < -0.3 is 25.2 Å². The molecule has 38 heavy (non-hydrogen) atoms. The second-order valence-electron chi connectivity index (χ2n) is 8.47. The van der Waals surface area contributed by atoms with E-state index in [4.69, 9.17) is 31.2 Å². The van der Waals surface area contributed by atoms with Crippen LogP contribution in [0, 0.1) is 6.92 Å². The third kappa shape index (κ3) is 6.48. The SMILES string of the molecule is CCNC(=O)C[C@@H]1N=C(c2ccc(Cl)cc2)c2cc(OCCOCCNC(=O)O)ccc2-n2c(C)nnc21. The first-order valence-corrected chi connectivity index (χ1v) is 12.6. The first-order valence-electron chi connectivity index (χ1n) is 12.2. The third-order valence-electron chi connectivity index (χ3n) is 5.79. The highest BCUT2D eigenvalue weighted by Crippen LogP contribution is 2.34. The first-order chi connectivity index (χ1) is 18.4. The van der Waals surface area contributed by atoms with Gasteiger partial charge in [0, 0.05) is 29.2 Å². The average Bonchev–Trinajstić information content (AvgIpc) is 3.21. The zero-order valence-corrected chi connectivity index (χ0v) is 21.9. The number of nitrogens with zero attached hydrogens (tertiary/aromatic N) is 4. The van der Waals surface area contributed by atoms with Crippen molar-refractivity contribution in [2.45, 2.75) is 26.3 Å². The molecule has 1 atom stereocenters. The lowest BCUT2D eigenvalue weighted by molar-refractivity contribution is -0.121. The predicted molar refractivity (Wildman–Crippen MR) is 142 cm³/mol. The Morgan fingerprint density at radius 2 is 1.87 bits per heavy atom. The molecule has 0 spiro atoms. The van der Waals surface area contributed by atoms with Gasteiger partial charge in [-0.3, -0.25) is 14.4 Å². The van der Waals surface area contributed by atoms with Crippen molar-refractivity contribution in [1.29, 1.82) is 0 Å². The van der Waals surface area contributed by atoms with Crippen molar-refractivity contribution in [2.75, 3.05) is 32.9 Å². The minimum atomic E-state index is -1.09. The number of aryl methyl sites for hydroxylation is 1. The lowest BCUT2D eigenvalue weighted by Crippen LogP contribution is -2.25. The van der Waals surface area contributed by atoms with Gasteiger partial charge >= 0.3 is 6.09 Å². The molecule has 1 aromatic heterocycles. The van der Waals surface area contributed by atoms with E-state index in [2.05, 4.69) is 20.8 Å². The number of aliphatic imine (C=N–C) groups is 1. The van der Waals surface area contributed by atoms with Crippen molar-refractivity contribution >= 4 is 29.3 Å². The number of fused-ring (bicyclic) bond motifs is 3. The summed E-state index contributed by atoms with van der Waals surface area (Å²) < 4.78 is 13.3. The molecule has 200 valence electrons. The normalized spacial score (nSPS) is 14.1. The summed E-state index contributed by atoms with van der Waals surface area (Å²) in [5, 5.41) is 23.0. The smallest absolute Gasteiger partial charge is 0.404 e. The highest BCUT2D eigenvalue weighted by atomic mass is 35.5. The zero-order chi connectivity index (χ0) is 27.1. The molecular weight excluding hydrogens is 512 g/mol. The molecule has 2 heterocycles. The Morgan fingerprint density at radius 1 is 1.08 bits per heavy atom. The van der Waals surface area contributed by atoms with Gasteiger partial charge in [0.2, 0.25) is 5.91 Å². The van der Waals surface area contributed by atoms with Gasteiger partial charge in [-0.1, -0.05) is 23.7 Å². The summed E-state index contributed by atoms with van der Waals surface area (Å²) in [5.41, 5.74) is 3.12. The van der Waals surface area contributed by atoms with E-state index in [0.29, 0.717) is 41.3 Å². The molecule has 2 amide bonds. The lowest BCUT2D eigenvalue weighted by Gasteiger charge is -2.15. The summed E-state index contributed by atoms with van der Waals surface area (Å²) in [6, 6.07) is 12.5. The Labute approximate surface area is 224 Å². The van der Waals surface area contributed by atoms with E-state index in [0.717, 1.165) is 16.8 Å². The van der Waals surface area contributed by atoms with Crippen LogP contribution in [0.2, 0.25) is 5.02 Å².